The van der Waals surface area contributed by atoms with Crippen molar-refractivity contribution in [1.82, 2.24) is 0 Å². The van der Waals surface area contributed by atoms with Gasteiger partial charge in [0.15, 0.2) is 0 Å². The first-order valence-corrected chi connectivity index (χ1v) is 9.76. The van der Waals surface area contributed by atoms with Crippen molar-refractivity contribution in [3.63, 3.8) is 0 Å². The quantitative estimate of drug-likeness (QED) is 0.741. The van der Waals surface area contributed by atoms with E-state index in [9.17, 15) is 5.11 Å². The van der Waals surface area contributed by atoms with Gasteiger partial charge in [-0.1, -0.05) is 50.8 Å². The van der Waals surface area contributed by atoms with Crippen molar-refractivity contribution in [2.75, 3.05) is 6.61 Å². The Bertz CT molecular complexity index is 545. The van der Waals surface area contributed by atoms with Gasteiger partial charge in [-0.2, -0.15) is 0 Å². The van der Waals surface area contributed by atoms with E-state index >= 15 is 0 Å². The molecule has 1 saturated carbocycles. The van der Waals surface area contributed by atoms with Crippen molar-refractivity contribution in [3.8, 4) is 0 Å². The summed E-state index contributed by atoms with van der Waals surface area (Å²) in [7, 11) is 0. The Labute approximate surface area is 146 Å². The molecular weight excluding hydrogens is 298 g/mol. The van der Waals surface area contributed by atoms with E-state index in [0.29, 0.717) is 12.0 Å². The number of aliphatic hydroxyl groups excluding tert-OH is 1. The van der Waals surface area contributed by atoms with Crippen molar-refractivity contribution >= 4 is 0 Å². The highest BCUT2D eigenvalue weighted by atomic mass is 16.5. The van der Waals surface area contributed by atoms with Gasteiger partial charge in [0.2, 0.25) is 0 Å². The predicted octanol–water partition coefficient (Wildman–Crippen LogP) is 4.06. The van der Waals surface area contributed by atoms with Crippen LogP contribution in [0.3, 0.4) is 0 Å². The van der Waals surface area contributed by atoms with Crippen molar-refractivity contribution < 1.29 is 9.84 Å². The molecule has 3 heteroatoms. The molecule has 3 atom stereocenters. The number of rotatable bonds is 7. The largest absolute Gasteiger partial charge is 0.394 e. The summed E-state index contributed by atoms with van der Waals surface area (Å²) >= 11 is 0. The number of benzene rings is 1. The van der Waals surface area contributed by atoms with Crippen LogP contribution < -0.4 is 5.73 Å². The van der Waals surface area contributed by atoms with E-state index < -0.39 is 0 Å². The molecular formula is C21H33NO2. The van der Waals surface area contributed by atoms with Crippen LogP contribution >= 0.6 is 0 Å². The number of aliphatic hydroxyl groups is 1. The van der Waals surface area contributed by atoms with E-state index in [1.54, 1.807) is 0 Å². The zero-order valence-corrected chi connectivity index (χ0v) is 15.1. The molecule has 0 bridgehead atoms. The number of nitrogens with two attached hydrogens (primary N) is 1. The summed E-state index contributed by atoms with van der Waals surface area (Å²) in [5.41, 5.74) is 10.1. The Morgan fingerprint density at radius 2 is 2.12 bits per heavy atom. The van der Waals surface area contributed by atoms with E-state index in [1.807, 2.05) is 0 Å². The van der Waals surface area contributed by atoms with Crippen LogP contribution in [0.5, 0.6) is 0 Å². The molecule has 2 aliphatic rings. The molecule has 3 rings (SSSR count). The molecule has 1 heterocycles. The lowest BCUT2D eigenvalue weighted by Gasteiger charge is -2.27. The first-order chi connectivity index (χ1) is 11.6. The summed E-state index contributed by atoms with van der Waals surface area (Å²) in [6.45, 7) is 3.10. The van der Waals surface area contributed by atoms with Crippen LogP contribution in [0.15, 0.2) is 18.2 Å². The van der Waals surface area contributed by atoms with Crippen LogP contribution in [-0.2, 0) is 17.8 Å². The lowest BCUT2D eigenvalue weighted by Crippen LogP contribution is -2.40. The Morgan fingerprint density at radius 1 is 1.25 bits per heavy atom. The zero-order chi connectivity index (χ0) is 17.0. The minimum Gasteiger partial charge on any atom is -0.394 e. The van der Waals surface area contributed by atoms with Gasteiger partial charge in [0.05, 0.1) is 19.3 Å². The molecule has 1 aromatic carbocycles. The number of fused-ring (bicyclic) bond motifs is 1. The topological polar surface area (TPSA) is 55.5 Å². The molecule has 0 spiro atoms. The monoisotopic (exact) mass is 331 g/mol. The zero-order valence-electron chi connectivity index (χ0n) is 15.1. The molecule has 0 radical (unpaired) electrons. The van der Waals surface area contributed by atoms with Crippen LogP contribution in [0.2, 0.25) is 0 Å². The van der Waals surface area contributed by atoms with E-state index in [2.05, 4.69) is 25.1 Å². The Kier molecular flexibility index (Phi) is 5.96. The fraction of sp³-hybridized carbons (Fsp3) is 0.714. The number of ether oxygens (including phenoxy) is 1. The molecule has 3 nitrogen and oxygen atoms in total. The molecule has 134 valence electrons. The molecule has 24 heavy (non-hydrogen) atoms. The lowest BCUT2D eigenvalue weighted by atomic mass is 9.89. The van der Waals surface area contributed by atoms with Gasteiger partial charge in [-0.3, -0.25) is 0 Å². The van der Waals surface area contributed by atoms with Gasteiger partial charge < -0.3 is 15.6 Å². The first kappa shape index (κ1) is 17.9. The maximum Gasteiger partial charge on any atom is 0.0723 e. The molecule has 1 aromatic rings. The van der Waals surface area contributed by atoms with Gasteiger partial charge in [-0.05, 0) is 54.7 Å². The molecule has 1 aliphatic heterocycles. The van der Waals surface area contributed by atoms with Gasteiger partial charge in [0.25, 0.3) is 0 Å². The third-order valence-electron chi connectivity index (χ3n) is 5.96. The van der Waals surface area contributed by atoms with Gasteiger partial charge in [-0.15, -0.1) is 0 Å². The molecule has 0 aromatic heterocycles. The third-order valence-corrected chi connectivity index (χ3v) is 5.96. The third kappa shape index (κ3) is 4.19. The highest BCUT2D eigenvalue weighted by Gasteiger charge is 2.36. The molecule has 1 aliphatic carbocycles. The predicted molar refractivity (Wildman–Crippen MR) is 98.1 cm³/mol. The van der Waals surface area contributed by atoms with E-state index in [4.69, 9.17) is 10.5 Å². The number of unbranched alkanes of at least 4 members (excludes halogenated alkanes) is 3. The van der Waals surface area contributed by atoms with Crippen molar-refractivity contribution in [1.29, 1.82) is 0 Å². The number of hydrogen-bond acceptors (Lipinski definition) is 3. The summed E-state index contributed by atoms with van der Waals surface area (Å²) in [5, 5.41) is 9.47. The second-order valence-corrected chi connectivity index (χ2v) is 7.97. The maximum absolute atomic E-state index is 9.47. The molecule has 1 unspecified atom stereocenters. The van der Waals surface area contributed by atoms with Crippen molar-refractivity contribution in [3.05, 3.63) is 34.9 Å². The minimum atomic E-state index is -0.374. The maximum atomic E-state index is 9.47. The summed E-state index contributed by atoms with van der Waals surface area (Å²) in [5.74, 6) is 0.485. The summed E-state index contributed by atoms with van der Waals surface area (Å²) in [4.78, 5) is 0. The van der Waals surface area contributed by atoms with E-state index in [-0.39, 0.29) is 12.1 Å². The minimum absolute atomic E-state index is 0.0945. The van der Waals surface area contributed by atoms with Crippen LogP contribution in [0.25, 0.3) is 0 Å². The van der Waals surface area contributed by atoms with Crippen LogP contribution in [0.4, 0.5) is 0 Å². The van der Waals surface area contributed by atoms with Crippen molar-refractivity contribution in [2.24, 2.45) is 5.73 Å². The fourth-order valence-corrected chi connectivity index (χ4v) is 4.31. The summed E-state index contributed by atoms with van der Waals surface area (Å²) in [6.07, 6.45) is 10.8. The Balaban J connectivity index is 1.58. The van der Waals surface area contributed by atoms with Gasteiger partial charge in [0, 0.05) is 5.54 Å². The first-order valence-electron chi connectivity index (χ1n) is 9.76. The molecule has 0 amide bonds. The lowest BCUT2D eigenvalue weighted by molar-refractivity contribution is 0.0216. The van der Waals surface area contributed by atoms with Gasteiger partial charge in [-0.25, -0.2) is 0 Å². The normalized spacial score (nSPS) is 29.6. The standard InChI is InChI=1S/C21H33NO2/c1-2-3-4-5-6-20-12-17-8-7-16(11-19(17)14-24-20)18-9-10-21(22,13-18)15-23/h7-8,11,18,20,23H,2-6,9-10,12-15,22H2,1H3/t18-,20?,21+/m0/s1. The SMILES string of the molecule is CCCCCCC1Cc2ccc([C@H]3CC[C@](N)(CO)C3)cc2CO1. The Hall–Kier alpha value is -0.900. The van der Waals surface area contributed by atoms with E-state index in [1.165, 1.54) is 48.8 Å². The summed E-state index contributed by atoms with van der Waals surface area (Å²) in [6, 6.07) is 6.92. The smallest absolute Gasteiger partial charge is 0.0723 e. The Morgan fingerprint density at radius 3 is 2.88 bits per heavy atom. The number of hydrogen-bond donors (Lipinski definition) is 2. The average Bonchev–Trinajstić information content (AvgIpc) is 3.01. The second-order valence-electron chi connectivity index (χ2n) is 7.97. The second kappa shape index (κ2) is 7.99. The van der Waals surface area contributed by atoms with Crippen LogP contribution in [-0.4, -0.2) is 23.4 Å². The highest BCUT2D eigenvalue weighted by molar-refractivity contribution is 5.36. The van der Waals surface area contributed by atoms with Gasteiger partial charge >= 0.3 is 0 Å². The molecule has 3 N–H and O–H groups in total. The van der Waals surface area contributed by atoms with Gasteiger partial charge in [0.1, 0.15) is 0 Å². The molecule has 0 saturated heterocycles. The highest BCUT2D eigenvalue weighted by Crippen LogP contribution is 2.40. The fourth-order valence-electron chi connectivity index (χ4n) is 4.31. The van der Waals surface area contributed by atoms with E-state index in [0.717, 1.165) is 32.3 Å². The molecule has 1 fully saturated rings. The summed E-state index contributed by atoms with van der Waals surface area (Å²) < 4.78 is 6.10. The van der Waals surface area contributed by atoms with Crippen molar-refractivity contribution in [2.45, 2.75) is 88.9 Å². The van der Waals surface area contributed by atoms with Crippen LogP contribution in [0.1, 0.15) is 80.9 Å². The average molecular weight is 332 g/mol. The van der Waals surface area contributed by atoms with Crippen LogP contribution in [0, 0.1) is 0 Å².